The SMILES string of the molecule is O=C(C(c1ccc(Cl)cc1)c1ccccn1)N1CCCC1. The summed E-state index contributed by atoms with van der Waals surface area (Å²) in [5.41, 5.74) is 1.73. The Morgan fingerprint density at radius 3 is 2.43 bits per heavy atom. The van der Waals surface area contributed by atoms with Crippen molar-refractivity contribution in [2.45, 2.75) is 18.8 Å². The van der Waals surface area contributed by atoms with Crippen LogP contribution in [-0.2, 0) is 4.79 Å². The lowest BCUT2D eigenvalue weighted by atomic mass is 9.93. The predicted octanol–water partition coefficient (Wildman–Crippen LogP) is 3.49. The molecule has 0 N–H and O–H groups in total. The molecule has 4 heteroatoms. The number of amides is 1. The monoisotopic (exact) mass is 300 g/mol. The maximum atomic E-state index is 12.9. The lowest BCUT2D eigenvalue weighted by Gasteiger charge is -2.23. The van der Waals surface area contributed by atoms with Gasteiger partial charge in [0.05, 0.1) is 5.69 Å². The number of nitrogens with zero attached hydrogens (tertiary/aromatic N) is 2. The van der Waals surface area contributed by atoms with E-state index in [1.807, 2.05) is 47.4 Å². The standard InChI is InChI=1S/C17H17ClN2O/c18-14-8-6-13(7-9-14)16(15-5-1-2-10-19-15)17(21)20-11-3-4-12-20/h1-2,5-10,16H,3-4,11-12H2. The maximum Gasteiger partial charge on any atom is 0.236 e. The Morgan fingerprint density at radius 1 is 1.10 bits per heavy atom. The van der Waals surface area contributed by atoms with Gasteiger partial charge in [-0.25, -0.2) is 0 Å². The van der Waals surface area contributed by atoms with Crippen molar-refractivity contribution >= 4 is 17.5 Å². The minimum atomic E-state index is -0.346. The van der Waals surface area contributed by atoms with E-state index in [9.17, 15) is 4.79 Å². The normalized spacial score (nSPS) is 16.0. The molecule has 0 bridgehead atoms. The molecule has 1 aromatic heterocycles. The highest BCUT2D eigenvalue weighted by atomic mass is 35.5. The van der Waals surface area contributed by atoms with Gasteiger partial charge in [-0.3, -0.25) is 9.78 Å². The largest absolute Gasteiger partial charge is 0.342 e. The number of pyridine rings is 1. The first kappa shape index (κ1) is 14.1. The fourth-order valence-electron chi connectivity index (χ4n) is 2.76. The van der Waals surface area contributed by atoms with Crippen LogP contribution in [0.3, 0.4) is 0 Å². The molecule has 0 radical (unpaired) electrons. The summed E-state index contributed by atoms with van der Waals surface area (Å²) in [7, 11) is 0. The number of carbonyl (C=O) groups excluding carboxylic acids is 1. The van der Waals surface area contributed by atoms with Crippen LogP contribution in [0.5, 0.6) is 0 Å². The number of likely N-dealkylation sites (tertiary alicyclic amines) is 1. The van der Waals surface area contributed by atoms with E-state index in [2.05, 4.69) is 4.98 Å². The molecule has 2 heterocycles. The average molecular weight is 301 g/mol. The summed E-state index contributed by atoms with van der Waals surface area (Å²) in [6, 6.07) is 13.2. The zero-order chi connectivity index (χ0) is 14.7. The number of benzene rings is 1. The third-order valence-corrected chi connectivity index (χ3v) is 4.10. The van der Waals surface area contributed by atoms with E-state index in [1.165, 1.54) is 0 Å². The summed E-state index contributed by atoms with van der Waals surface area (Å²) in [4.78, 5) is 19.2. The molecule has 1 aliphatic heterocycles. The number of aromatic nitrogens is 1. The second-order valence-corrected chi connectivity index (χ2v) is 5.71. The Morgan fingerprint density at radius 2 is 1.81 bits per heavy atom. The zero-order valence-corrected chi connectivity index (χ0v) is 12.5. The Hall–Kier alpha value is -1.87. The number of halogens is 1. The fraction of sp³-hybridized carbons (Fsp3) is 0.294. The molecular formula is C17H17ClN2O. The van der Waals surface area contributed by atoms with Gasteiger partial charge in [0, 0.05) is 24.3 Å². The second-order valence-electron chi connectivity index (χ2n) is 5.27. The van der Waals surface area contributed by atoms with E-state index in [1.54, 1.807) is 6.20 Å². The molecule has 1 unspecified atom stereocenters. The first-order chi connectivity index (χ1) is 10.3. The second kappa shape index (κ2) is 6.27. The van der Waals surface area contributed by atoms with E-state index in [0.29, 0.717) is 5.02 Å². The molecular weight excluding hydrogens is 284 g/mol. The Labute approximate surface area is 129 Å². The van der Waals surface area contributed by atoms with Crippen LogP contribution in [0.15, 0.2) is 48.7 Å². The van der Waals surface area contributed by atoms with Crippen molar-refractivity contribution in [3.8, 4) is 0 Å². The maximum absolute atomic E-state index is 12.9. The van der Waals surface area contributed by atoms with Gasteiger partial charge in [-0.2, -0.15) is 0 Å². The molecule has 3 nitrogen and oxygen atoms in total. The molecule has 1 atom stereocenters. The molecule has 1 amide bonds. The van der Waals surface area contributed by atoms with Crippen LogP contribution in [0.1, 0.15) is 30.0 Å². The molecule has 3 rings (SSSR count). The van der Waals surface area contributed by atoms with Crippen LogP contribution in [0.4, 0.5) is 0 Å². The van der Waals surface area contributed by atoms with E-state index in [-0.39, 0.29) is 11.8 Å². The molecule has 108 valence electrons. The van der Waals surface area contributed by atoms with Gasteiger partial charge in [-0.1, -0.05) is 29.8 Å². The van der Waals surface area contributed by atoms with Gasteiger partial charge in [0.2, 0.25) is 5.91 Å². The number of hydrogen-bond donors (Lipinski definition) is 0. The molecule has 0 aliphatic carbocycles. The lowest BCUT2D eigenvalue weighted by Crippen LogP contribution is -2.33. The molecule has 1 saturated heterocycles. The van der Waals surface area contributed by atoms with Crippen LogP contribution in [0.25, 0.3) is 0 Å². The summed E-state index contributed by atoms with van der Waals surface area (Å²) < 4.78 is 0. The first-order valence-corrected chi connectivity index (χ1v) is 7.59. The van der Waals surface area contributed by atoms with Crippen molar-refractivity contribution in [2.24, 2.45) is 0 Å². The van der Waals surface area contributed by atoms with Gasteiger partial charge >= 0.3 is 0 Å². The number of rotatable bonds is 3. The first-order valence-electron chi connectivity index (χ1n) is 7.21. The molecule has 0 saturated carbocycles. The quantitative estimate of drug-likeness (QED) is 0.869. The minimum Gasteiger partial charge on any atom is -0.342 e. The third-order valence-electron chi connectivity index (χ3n) is 3.85. The van der Waals surface area contributed by atoms with Crippen LogP contribution in [-0.4, -0.2) is 28.9 Å². The van der Waals surface area contributed by atoms with Gasteiger partial charge in [-0.05, 0) is 42.7 Å². The lowest BCUT2D eigenvalue weighted by molar-refractivity contribution is -0.130. The highest BCUT2D eigenvalue weighted by Gasteiger charge is 2.29. The van der Waals surface area contributed by atoms with Crippen LogP contribution >= 0.6 is 11.6 Å². The van der Waals surface area contributed by atoms with Gasteiger partial charge in [0.15, 0.2) is 0 Å². The zero-order valence-electron chi connectivity index (χ0n) is 11.7. The summed E-state index contributed by atoms with van der Waals surface area (Å²) in [5.74, 6) is -0.213. The number of carbonyl (C=O) groups is 1. The smallest absolute Gasteiger partial charge is 0.236 e. The van der Waals surface area contributed by atoms with Crippen LogP contribution in [0.2, 0.25) is 5.02 Å². The summed E-state index contributed by atoms with van der Waals surface area (Å²) in [6.07, 6.45) is 3.90. The van der Waals surface area contributed by atoms with Crippen molar-refractivity contribution in [3.05, 3.63) is 64.9 Å². The molecule has 2 aromatic rings. The predicted molar refractivity (Wildman–Crippen MR) is 83.3 cm³/mol. The topological polar surface area (TPSA) is 33.2 Å². The van der Waals surface area contributed by atoms with Crippen molar-refractivity contribution in [3.63, 3.8) is 0 Å². The Bertz CT molecular complexity index is 606. The number of hydrogen-bond acceptors (Lipinski definition) is 2. The molecule has 21 heavy (non-hydrogen) atoms. The van der Waals surface area contributed by atoms with E-state index < -0.39 is 0 Å². The van der Waals surface area contributed by atoms with Crippen molar-refractivity contribution in [2.75, 3.05) is 13.1 Å². The summed E-state index contributed by atoms with van der Waals surface area (Å²) in [5, 5.41) is 0.673. The van der Waals surface area contributed by atoms with Gasteiger partial charge in [0.25, 0.3) is 0 Å². The Kier molecular flexibility index (Phi) is 4.20. The average Bonchev–Trinajstić information content (AvgIpc) is 3.05. The van der Waals surface area contributed by atoms with Crippen molar-refractivity contribution in [1.29, 1.82) is 0 Å². The fourth-order valence-corrected chi connectivity index (χ4v) is 2.89. The van der Waals surface area contributed by atoms with Crippen LogP contribution in [0, 0.1) is 0 Å². The molecule has 1 aromatic carbocycles. The van der Waals surface area contributed by atoms with Gasteiger partial charge < -0.3 is 4.90 Å². The van der Waals surface area contributed by atoms with Gasteiger partial charge in [0.1, 0.15) is 5.92 Å². The molecule has 0 spiro atoms. The van der Waals surface area contributed by atoms with E-state index in [0.717, 1.165) is 37.2 Å². The molecule has 1 fully saturated rings. The third kappa shape index (κ3) is 3.08. The summed E-state index contributed by atoms with van der Waals surface area (Å²) >= 11 is 5.96. The Balaban J connectivity index is 1.98. The highest BCUT2D eigenvalue weighted by molar-refractivity contribution is 6.30. The summed E-state index contributed by atoms with van der Waals surface area (Å²) in [6.45, 7) is 1.69. The minimum absolute atomic E-state index is 0.133. The van der Waals surface area contributed by atoms with Gasteiger partial charge in [-0.15, -0.1) is 0 Å². The van der Waals surface area contributed by atoms with Crippen molar-refractivity contribution in [1.82, 2.24) is 9.88 Å². The van der Waals surface area contributed by atoms with Crippen molar-refractivity contribution < 1.29 is 4.79 Å². The molecule has 1 aliphatic rings. The van der Waals surface area contributed by atoms with Crippen LogP contribution < -0.4 is 0 Å². The van der Waals surface area contributed by atoms with E-state index >= 15 is 0 Å². The van der Waals surface area contributed by atoms with E-state index in [4.69, 9.17) is 11.6 Å². The highest BCUT2D eigenvalue weighted by Crippen LogP contribution is 2.28.